The first-order valence-electron chi connectivity index (χ1n) is 7.92. The molecule has 0 saturated heterocycles. The van der Waals surface area contributed by atoms with Crippen LogP contribution >= 0.6 is 23.1 Å². The van der Waals surface area contributed by atoms with E-state index in [0.29, 0.717) is 26.3 Å². The molecule has 0 saturated carbocycles. The van der Waals surface area contributed by atoms with Crippen LogP contribution in [-0.4, -0.2) is 26.1 Å². The predicted octanol–water partition coefficient (Wildman–Crippen LogP) is 4.17. The lowest BCUT2D eigenvalue weighted by atomic mass is 10.2. The van der Waals surface area contributed by atoms with E-state index in [1.54, 1.807) is 24.3 Å². The van der Waals surface area contributed by atoms with Crippen LogP contribution in [0.3, 0.4) is 0 Å². The van der Waals surface area contributed by atoms with Gasteiger partial charge in [-0.3, -0.25) is 15.1 Å². The summed E-state index contributed by atoms with van der Waals surface area (Å²) in [5.41, 5.74) is 2.15. The molecule has 0 fully saturated rings. The van der Waals surface area contributed by atoms with Crippen molar-refractivity contribution in [3.63, 3.8) is 0 Å². The van der Waals surface area contributed by atoms with Crippen molar-refractivity contribution in [1.29, 1.82) is 0 Å². The molecule has 2 aromatic heterocycles. The standard InChI is InChI=1S/C18H12FN5OS2/c19-12-6-2-1-5-11(12)10-26-18-24-23-17(27-18)22-16(25)15-9-20-13-7-3-4-8-14(13)21-15/h1-9H,10H2,(H,22,23,25). The number of nitrogens with zero attached hydrogens (tertiary/aromatic N) is 4. The third-order valence-electron chi connectivity index (χ3n) is 3.62. The Kier molecular flexibility index (Phi) is 5.03. The first-order chi connectivity index (χ1) is 13.2. The monoisotopic (exact) mass is 397 g/mol. The number of amides is 1. The fourth-order valence-corrected chi connectivity index (χ4v) is 4.03. The maximum absolute atomic E-state index is 13.7. The highest BCUT2D eigenvalue weighted by Crippen LogP contribution is 2.29. The number of carbonyl (C=O) groups excluding carboxylic acids is 1. The largest absolute Gasteiger partial charge is 0.295 e. The molecule has 0 spiro atoms. The lowest BCUT2D eigenvalue weighted by Gasteiger charge is -2.01. The number of halogens is 1. The molecule has 134 valence electrons. The van der Waals surface area contributed by atoms with Crippen LogP contribution in [0.15, 0.2) is 59.1 Å². The van der Waals surface area contributed by atoms with Crippen molar-refractivity contribution in [1.82, 2.24) is 20.2 Å². The SMILES string of the molecule is O=C(Nc1nnc(SCc2ccccc2F)s1)c1cnc2ccccc2n1. The average molecular weight is 397 g/mol. The summed E-state index contributed by atoms with van der Waals surface area (Å²) in [6.07, 6.45) is 1.42. The van der Waals surface area contributed by atoms with Crippen molar-refractivity contribution in [2.45, 2.75) is 10.1 Å². The third kappa shape index (κ3) is 4.09. The maximum Gasteiger partial charge on any atom is 0.277 e. The van der Waals surface area contributed by atoms with Crippen molar-refractivity contribution in [2.24, 2.45) is 0 Å². The minimum Gasteiger partial charge on any atom is -0.295 e. The number of rotatable bonds is 5. The van der Waals surface area contributed by atoms with Gasteiger partial charge < -0.3 is 0 Å². The first kappa shape index (κ1) is 17.5. The molecule has 0 bridgehead atoms. The molecule has 1 N–H and O–H groups in total. The van der Waals surface area contributed by atoms with Crippen molar-refractivity contribution in [2.75, 3.05) is 5.32 Å². The maximum atomic E-state index is 13.7. The molecule has 6 nitrogen and oxygen atoms in total. The predicted molar refractivity (Wildman–Crippen MR) is 103 cm³/mol. The normalized spacial score (nSPS) is 10.9. The Morgan fingerprint density at radius 2 is 1.85 bits per heavy atom. The zero-order chi connectivity index (χ0) is 18.6. The van der Waals surface area contributed by atoms with E-state index in [1.165, 1.54) is 35.4 Å². The van der Waals surface area contributed by atoms with Crippen molar-refractivity contribution >= 4 is 45.2 Å². The van der Waals surface area contributed by atoms with Crippen LogP contribution < -0.4 is 5.32 Å². The van der Waals surface area contributed by atoms with E-state index in [9.17, 15) is 9.18 Å². The number of thioether (sulfide) groups is 1. The number of anilines is 1. The molecule has 0 radical (unpaired) electrons. The number of carbonyl (C=O) groups is 1. The summed E-state index contributed by atoms with van der Waals surface area (Å²) in [5.74, 6) is -0.223. The van der Waals surface area contributed by atoms with E-state index in [1.807, 2.05) is 18.2 Å². The topological polar surface area (TPSA) is 80.7 Å². The van der Waals surface area contributed by atoms with Crippen LogP contribution in [0, 0.1) is 5.82 Å². The lowest BCUT2D eigenvalue weighted by Crippen LogP contribution is -2.14. The van der Waals surface area contributed by atoms with Crippen LogP contribution in [0.4, 0.5) is 9.52 Å². The average Bonchev–Trinajstić information content (AvgIpc) is 3.14. The first-order valence-corrected chi connectivity index (χ1v) is 9.72. The molecule has 1 amide bonds. The van der Waals surface area contributed by atoms with Gasteiger partial charge in [0.15, 0.2) is 4.34 Å². The Labute approximate surface area is 161 Å². The summed E-state index contributed by atoms with van der Waals surface area (Å²) in [6.45, 7) is 0. The Morgan fingerprint density at radius 1 is 1.07 bits per heavy atom. The van der Waals surface area contributed by atoms with E-state index < -0.39 is 5.91 Å². The van der Waals surface area contributed by atoms with Crippen molar-refractivity contribution in [3.8, 4) is 0 Å². The zero-order valence-electron chi connectivity index (χ0n) is 13.8. The minimum absolute atomic E-state index is 0.199. The van der Waals surface area contributed by atoms with Gasteiger partial charge in [0.1, 0.15) is 11.5 Å². The molecular weight excluding hydrogens is 385 g/mol. The van der Waals surface area contributed by atoms with Crippen molar-refractivity contribution < 1.29 is 9.18 Å². The summed E-state index contributed by atoms with van der Waals surface area (Å²) in [4.78, 5) is 20.9. The van der Waals surface area contributed by atoms with Crippen LogP contribution in [0.5, 0.6) is 0 Å². The van der Waals surface area contributed by atoms with Gasteiger partial charge in [-0.25, -0.2) is 9.37 Å². The van der Waals surface area contributed by atoms with Gasteiger partial charge in [-0.2, -0.15) is 0 Å². The Hall–Kier alpha value is -2.91. The molecule has 9 heteroatoms. The molecule has 27 heavy (non-hydrogen) atoms. The smallest absolute Gasteiger partial charge is 0.277 e. The van der Waals surface area contributed by atoms with E-state index in [4.69, 9.17) is 0 Å². The molecule has 0 atom stereocenters. The van der Waals surface area contributed by atoms with E-state index in [0.717, 1.165) is 5.52 Å². The summed E-state index contributed by atoms with van der Waals surface area (Å²) >= 11 is 2.58. The van der Waals surface area contributed by atoms with Gasteiger partial charge in [-0.15, -0.1) is 10.2 Å². The minimum atomic E-state index is -0.407. The highest BCUT2D eigenvalue weighted by atomic mass is 32.2. The zero-order valence-corrected chi connectivity index (χ0v) is 15.4. The quantitative estimate of drug-likeness (QED) is 0.402. The van der Waals surface area contributed by atoms with Crippen LogP contribution in [0.25, 0.3) is 11.0 Å². The summed E-state index contributed by atoms with van der Waals surface area (Å²) in [5, 5.41) is 11.0. The second-order valence-electron chi connectivity index (χ2n) is 5.45. The van der Waals surface area contributed by atoms with Crippen LogP contribution in [-0.2, 0) is 5.75 Å². The third-order valence-corrected chi connectivity index (χ3v) is 5.64. The molecule has 0 aliphatic heterocycles. The van der Waals surface area contributed by atoms with Gasteiger partial charge in [0.05, 0.1) is 17.2 Å². The molecule has 0 aliphatic carbocycles. The summed E-state index contributed by atoms with van der Waals surface area (Å²) < 4.78 is 14.3. The van der Waals surface area contributed by atoms with Crippen LogP contribution in [0.1, 0.15) is 16.1 Å². The fraction of sp³-hybridized carbons (Fsp3) is 0.0556. The van der Waals surface area contributed by atoms with Gasteiger partial charge in [-0.1, -0.05) is 53.4 Å². The van der Waals surface area contributed by atoms with Gasteiger partial charge in [0, 0.05) is 5.75 Å². The number of hydrogen-bond donors (Lipinski definition) is 1. The number of hydrogen-bond acceptors (Lipinski definition) is 7. The Bertz CT molecular complexity index is 1120. The summed E-state index contributed by atoms with van der Waals surface area (Å²) in [6, 6.07) is 13.9. The van der Waals surface area contributed by atoms with Gasteiger partial charge in [-0.05, 0) is 23.8 Å². The van der Waals surface area contributed by atoms with E-state index >= 15 is 0 Å². The Balaban J connectivity index is 1.42. The molecule has 2 aromatic carbocycles. The fourth-order valence-electron chi connectivity index (χ4n) is 2.30. The number of para-hydroxylation sites is 2. The summed E-state index contributed by atoms with van der Waals surface area (Å²) in [7, 11) is 0. The van der Waals surface area contributed by atoms with Gasteiger partial charge in [0.25, 0.3) is 5.91 Å². The molecule has 0 aliphatic rings. The Morgan fingerprint density at radius 3 is 2.70 bits per heavy atom. The molecule has 4 aromatic rings. The second kappa shape index (κ2) is 7.77. The lowest BCUT2D eigenvalue weighted by molar-refractivity contribution is 0.102. The van der Waals surface area contributed by atoms with Gasteiger partial charge in [0.2, 0.25) is 5.13 Å². The number of fused-ring (bicyclic) bond motifs is 1. The molecule has 0 unspecified atom stereocenters. The van der Waals surface area contributed by atoms with Gasteiger partial charge >= 0.3 is 0 Å². The van der Waals surface area contributed by atoms with Crippen LogP contribution in [0.2, 0.25) is 0 Å². The number of aromatic nitrogens is 4. The molecular formula is C18H12FN5OS2. The highest BCUT2D eigenvalue weighted by molar-refractivity contribution is 8.00. The molecule has 2 heterocycles. The van der Waals surface area contributed by atoms with E-state index in [-0.39, 0.29) is 11.5 Å². The number of benzene rings is 2. The number of nitrogens with one attached hydrogen (secondary N) is 1. The second-order valence-corrected chi connectivity index (χ2v) is 7.65. The van der Waals surface area contributed by atoms with Crippen molar-refractivity contribution in [3.05, 3.63) is 71.8 Å². The van der Waals surface area contributed by atoms with E-state index in [2.05, 4.69) is 25.5 Å². The molecule has 4 rings (SSSR count). The highest BCUT2D eigenvalue weighted by Gasteiger charge is 2.13.